The summed E-state index contributed by atoms with van der Waals surface area (Å²) in [6, 6.07) is 5.46. The Kier molecular flexibility index (Phi) is 3.73. The molecule has 1 saturated heterocycles. The zero-order valence-corrected chi connectivity index (χ0v) is 12.4. The molecule has 2 aromatic heterocycles. The van der Waals surface area contributed by atoms with Gasteiger partial charge in [-0.2, -0.15) is 5.10 Å². The highest BCUT2D eigenvalue weighted by Gasteiger charge is 2.27. The lowest BCUT2D eigenvalue weighted by atomic mass is 9.91. The Hall–Kier alpha value is -2.17. The third kappa shape index (κ3) is 2.82. The van der Waals surface area contributed by atoms with E-state index in [9.17, 15) is 4.79 Å². The first-order chi connectivity index (χ1) is 10.1. The summed E-state index contributed by atoms with van der Waals surface area (Å²) >= 11 is 0. The minimum atomic E-state index is 0.0481. The van der Waals surface area contributed by atoms with Crippen LogP contribution in [0.4, 0.5) is 0 Å². The van der Waals surface area contributed by atoms with Crippen LogP contribution in [0.3, 0.4) is 0 Å². The molecule has 2 aromatic rings. The molecule has 1 aliphatic heterocycles. The molecule has 0 radical (unpaired) electrons. The molecule has 0 saturated carbocycles. The van der Waals surface area contributed by atoms with E-state index < -0.39 is 0 Å². The lowest BCUT2D eigenvalue weighted by molar-refractivity contribution is 0.0622. The van der Waals surface area contributed by atoms with E-state index >= 15 is 0 Å². The van der Waals surface area contributed by atoms with E-state index in [1.165, 1.54) is 6.42 Å². The number of rotatable bonds is 2. The number of amides is 1. The molecule has 0 aromatic carbocycles. The average molecular weight is 284 g/mol. The second-order valence-electron chi connectivity index (χ2n) is 5.98. The fraction of sp³-hybridized carbons (Fsp3) is 0.438. The van der Waals surface area contributed by atoms with Gasteiger partial charge in [0.1, 0.15) is 0 Å². The topological polar surface area (TPSA) is 51.0 Å². The summed E-state index contributed by atoms with van der Waals surface area (Å²) in [6.07, 6.45) is 6.37. The number of piperidine rings is 1. The number of hydrogen-bond acceptors (Lipinski definition) is 3. The highest BCUT2D eigenvalue weighted by atomic mass is 16.2. The molecule has 5 nitrogen and oxygen atoms in total. The Morgan fingerprint density at radius 1 is 1.19 bits per heavy atom. The van der Waals surface area contributed by atoms with E-state index in [0.717, 1.165) is 13.1 Å². The van der Waals surface area contributed by atoms with Gasteiger partial charge in [-0.3, -0.25) is 4.79 Å². The highest BCUT2D eigenvalue weighted by Crippen LogP contribution is 2.23. The third-order valence-corrected chi connectivity index (χ3v) is 3.89. The molecule has 0 spiro atoms. The summed E-state index contributed by atoms with van der Waals surface area (Å²) in [5, 5.41) is 4.19. The molecule has 3 heterocycles. The van der Waals surface area contributed by atoms with E-state index in [-0.39, 0.29) is 5.91 Å². The van der Waals surface area contributed by atoms with E-state index in [1.807, 2.05) is 17.0 Å². The van der Waals surface area contributed by atoms with Crippen molar-refractivity contribution < 1.29 is 4.79 Å². The van der Waals surface area contributed by atoms with Crippen molar-refractivity contribution in [2.75, 3.05) is 13.1 Å². The molecule has 21 heavy (non-hydrogen) atoms. The van der Waals surface area contributed by atoms with E-state index in [2.05, 4.69) is 23.9 Å². The summed E-state index contributed by atoms with van der Waals surface area (Å²) in [7, 11) is 0. The lowest BCUT2D eigenvalue weighted by Gasteiger charge is -2.35. The second kappa shape index (κ2) is 5.68. The number of hydrogen-bond donors (Lipinski definition) is 0. The van der Waals surface area contributed by atoms with Crippen LogP contribution in [-0.2, 0) is 0 Å². The molecule has 2 unspecified atom stereocenters. The van der Waals surface area contributed by atoms with Gasteiger partial charge in [0, 0.05) is 31.7 Å². The lowest BCUT2D eigenvalue weighted by Crippen LogP contribution is -2.43. The molecule has 0 aliphatic carbocycles. The number of pyridine rings is 1. The average Bonchev–Trinajstić information content (AvgIpc) is 2.99. The van der Waals surface area contributed by atoms with Gasteiger partial charge in [0.25, 0.3) is 5.91 Å². The summed E-state index contributed by atoms with van der Waals surface area (Å²) in [5.41, 5.74) is 0.613. The SMILES string of the molecule is CC1CC(C)CN(C(=O)c2cccnc2-n2cccn2)C1. The van der Waals surface area contributed by atoms with E-state index in [1.54, 1.807) is 29.3 Å². The summed E-state index contributed by atoms with van der Waals surface area (Å²) in [4.78, 5) is 19.1. The van der Waals surface area contributed by atoms with Crippen molar-refractivity contribution in [2.45, 2.75) is 20.3 Å². The van der Waals surface area contributed by atoms with Crippen LogP contribution in [-0.4, -0.2) is 38.7 Å². The normalized spacial score (nSPS) is 22.3. The van der Waals surface area contributed by atoms with Crippen molar-refractivity contribution in [3.05, 3.63) is 42.4 Å². The van der Waals surface area contributed by atoms with E-state index in [0.29, 0.717) is 23.2 Å². The Bertz CT molecular complexity index is 613. The maximum absolute atomic E-state index is 12.9. The molecular weight excluding hydrogens is 264 g/mol. The molecule has 1 amide bonds. The Morgan fingerprint density at radius 2 is 1.95 bits per heavy atom. The van der Waals surface area contributed by atoms with Gasteiger partial charge in [0.05, 0.1) is 5.56 Å². The molecule has 2 atom stereocenters. The first-order valence-electron chi connectivity index (χ1n) is 7.39. The zero-order chi connectivity index (χ0) is 14.8. The predicted octanol–water partition coefficient (Wildman–Crippen LogP) is 2.39. The maximum atomic E-state index is 12.9. The van der Waals surface area contributed by atoms with Gasteiger partial charge in [-0.25, -0.2) is 9.67 Å². The van der Waals surface area contributed by atoms with Gasteiger partial charge in [-0.1, -0.05) is 13.8 Å². The minimum absolute atomic E-state index is 0.0481. The maximum Gasteiger partial charge on any atom is 0.257 e. The monoisotopic (exact) mass is 284 g/mol. The van der Waals surface area contributed by atoms with Crippen molar-refractivity contribution in [1.29, 1.82) is 0 Å². The van der Waals surface area contributed by atoms with Gasteiger partial charge in [0.15, 0.2) is 5.82 Å². The fourth-order valence-corrected chi connectivity index (χ4v) is 3.14. The minimum Gasteiger partial charge on any atom is -0.338 e. The van der Waals surface area contributed by atoms with Gasteiger partial charge in [-0.15, -0.1) is 0 Å². The Balaban J connectivity index is 1.92. The van der Waals surface area contributed by atoms with Crippen LogP contribution in [0.25, 0.3) is 5.82 Å². The Labute approximate surface area is 124 Å². The number of aromatic nitrogens is 3. The van der Waals surface area contributed by atoms with Gasteiger partial charge in [0.2, 0.25) is 0 Å². The van der Waals surface area contributed by atoms with Crippen molar-refractivity contribution in [3.8, 4) is 5.82 Å². The van der Waals surface area contributed by atoms with Gasteiger partial charge in [-0.05, 0) is 36.5 Å². The summed E-state index contributed by atoms with van der Waals surface area (Å²) < 4.78 is 1.64. The predicted molar refractivity (Wildman–Crippen MR) is 80.2 cm³/mol. The smallest absolute Gasteiger partial charge is 0.257 e. The van der Waals surface area contributed by atoms with Crippen LogP contribution in [0.1, 0.15) is 30.6 Å². The van der Waals surface area contributed by atoms with Crippen LogP contribution < -0.4 is 0 Å². The second-order valence-corrected chi connectivity index (χ2v) is 5.98. The highest BCUT2D eigenvalue weighted by molar-refractivity contribution is 5.97. The van der Waals surface area contributed by atoms with Gasteiger partial charge < -0.3 is 4.90 Å². The first kappa shape index (κ1) is 13.8. The van der Waals surface area contributed by atoms with Gasteiger partial charge >= 0.3 is 0 Å². The van der Waals surface area contributed by atoms with Crippen molar-refractivity contribution >= 4 is 5.91 Å². The molecule has 110 valence electrons. The number of likely N-dealkylation sites (tertiary alicyclic amines) is 1. The number of carbonyl (C=O) groups is 1. The summed E-state index contributed by atoms with van der Waals surface area (Å²) in [5.74, 6) is 1.73. The molecule has 3 rings (SSSR count). The number of carbonyl (C=O) groups excluding carboxylic acids is 1. The third-order valence-electron chi connectivity index (χ3n) is 3.89. The molecule has 0 bridgehead atoms. The largest absolute Gasteiger partial charge is 0.338 e. The molecular formula is C16H20N4O. The van der Waals surface area contributed by atoms with Crippen molar-refractivity contribution in [2.24, 2.45) is 11.8 Å². The molecule has 5 heteroatoms. The van der Waals surface area contributed by atoms with Crippen LogP contribution in [0.15, 0.2) is 36.8 Å². The standard InChI is InChI=1S/C16H20N4O/c1-12-9-13(2)11-19(10-12)16(21)14-5-3-6-17-15(14)20-8-4-7-18-20/h3-8,12-13H,9-11H2,1-2H3. The molecule has 1 fully saturated rings. The Morgan fingerprint density at radius 3 is 2.62 bits per heavy atom. The zero-order valence-electron chi connectivity index (χ0n) is 12.4. The number of nitrogens with zero attached hydrogens (tertiary/aromatic N) is 4. The van der Waals surface area contributed by atoms with Crippen molar-refractivity contribution in [3.63, 3.8) is 0 Å². The quantitative estimate of drug-likeness (QED) is 0.851. The first-order valence-corrected chi connectivity index (χ1v) is 7.39. The molecule has 0 N–H and O–H groups in total. The van der Waals surface area contributed by atoms with Crippen LogP contribution in [0.2, 0.25) is 0 Å². The van der Waals surface area contributed by atoms with Crippen LogP contribution in [0.5, 0.6) is 0 Å². The van der Waals surface area contributed by atoms with E-state index in [4.69, 9.17) is 0 Å². The summed E-state index contributed by atoms with van der Waals surface area (Å²) in [6.45, 7) is 6.04. The van der Waals surface area contributed by atoms with Crippen LogP contribution >= 0.6 is 0 Å². The fourth-order valence-electron chi connectivity index (χ4n) is 3.14. The van der Waals surface area contributed by atoms with Crippen LogP contribution in [0, 0.1) is 11.8 Å². The molecule has 1 aliphatic rings. The van der Waals surface area contributed by atoms with Crippen molar-refractivity contribution in [1.82, 2.24) is 19.7 Å².